The average molecular weight is 1590 g/mol. The van der Waals surface area contributed by atoms with Crippen molar-refractivity contribution in [3.8, 4) is 0 Å². The smallest absolute Gasteiger partial charge is 0.220 e. The van der Waals surface area contributed by atoms with Crippen LogP contribution in [-0.4, -0.2) is 193 Å². The molecule has 19 heteroatoms. The van der Waals surface area contributed by atoms with E-state index < -0.39 is 124 Å². The Hall–Kier alpha value is -4.33. The number of carbonyl (C=O) groups excluding carboxylic acids is 1. The molecule has 17 unspecified atom stereocenters. The standard InChI is InChI=1S/C94H159NO18/c1-3-5-7-9-11-13-15-17-19-21-23-25-27-29-31-32-33-34-35-36-37-38-39-40-41-42-43-44-46-48-50-52-54-56-58-60-62-64-66-68-70-72-82(100)95-77(78(99)71-69-67-65-63-61-59-57-55-53-51-49-47-45-30-28-26-24-22-20-18-16-14-12-10-8-6-4-2)76-108-92-88(106)85(103)90(80(74-97)110-92)113-94-89(107)86(104)91(81(75-98)111-94)112-93-87(105)84(102)83(101)79(73-96)109-93/h5,7,11,13,17,19,23,25,29,31,33-34,36-37,39-40,42-43,46,48,52,54,58,60,77-81,83-94,96-99,101-107H,3-4,6,8-10,12,14-16,18,20-22,24,26-28,30,32,35,38,41,44-45,47,49-51,53,55-57,59,61-76H2,1-2H3,(H,95,100)/b7-5-,13-11-,19-17-,25-23-,31-29-,34-33-,37-36-,40-39-,43-42-,48-46-,54-52-,60-58-. The number of allylic oxidation sites excluding steroid dienone is 24. The van der Waals surface area contributed by atoms with Gasteiger partial charge in [0, 0.05) is 6.42 Å². The van der Waals surface area contributed by atoms with Crippen molar-refractivity contribution in [1.82, 2.24) is 5.32 Å². The summed E-state index contributed by atoms with van der Waals surface area (Å²) in [5, 5.41) is 121. The quantitative estimate of drug-likeness (QED) is 0.0199. The van der Waals surface area contributed by atoms with Crippen molar-refractivity contribution in [3.05, 3.63) is 146 Å². The highest BCUT2D eigenvalue weighted by molar-refractivity contribution is 5.76. The van der Waals surface area contributed by atoms with E-state index in [4.69, 9.17) is 28.4 Å². The maximum atomic E-state index is 13.5. The molecule has 1 amide bonds. The van der Waals surface area contributed by atoms with E-state index in [-0.39, 0.29) is 18.9 Å². The van der Waals surface area contributed by atoms with Gasteiger partial charge in [0.05, 0.1) is 38.6 Å². The summed E-state index contributed by atoms with van der Waals surface area (Å²) < 4.78 is 34.6. The second kappa shape index (κ2) is 71.8. The van der Waals surface area contributed by atoms with Crippen molar-refractivity contribution < 1.29 is 89.4 Å². The molecule has 3 fully saturated rings. The maximum absolute atomic E-state index is 13.5. The first-order chi connectivity index (χ1) is 55.3. The predicted molar refractivity (Wildman–Crippen MR) is 456 cm³/mol. The number of aliphatic hydroxyl groups is 11. The van der Waals surface area contributed by atoms with Gasteiger partial charge in [-0.25, -0.2) is 0 Å². The lowest BCUT2D eigenvalue weighted by Gasteiger charge is -2.48. The SMILES string of the molecule is CC/C=C\C/C=C\C/C=C\C/C=C\C/C=C\C/C=C\C/C=C\C/C=C\C/C=C\C/C=C\C/C=C\C/C=C\CCCCCCC(=O)NC(COC1OC(CO)C(OC2OC(CO)C(OC3OC(CO)C(O)C(O)C3O)C(O)C2O)C(O)C1O)C(O)CCCCCCCCCCCCCCCCCCCCCCCCCCCCC. The zero-order valence-electron chi connectivity index (χ0n) is 69.8. The summed E-state index contributed by atoms with van der Waals surface area (Å²) in [6.45, 7) is 1.69. The van der Waals surface area contributed by atoms with E-state index >= 15 is 0 Å². The Labute approximate surface area is 683 Å². The highest BCUT2D eigenvalue weighted by Gasteiger charge is 2.54. The summed E-state index contributed by atoms with van der Waals surface area (Å²) in [6, 6.07) is -0.914. The summed E-state index contributed by atoms with van der Waals surface area (Å²) in [5.74, 6) is -0.269. The molecule has 0 aromatic rings. The van der Waals surface area contributed by atoms with E-state index in [1.807, 2.05) is 0 Å². The fraction of sp³-hybridized carbons (Fsp3) is 0.734. The van der Waals surface area contributed by atoms with Crippen LogP contribution in [-0.2, 0) is 33.2 Å². The number of amides is 1. The van der Waals surface area contributed by atoms with Crippen molar-refractivity contribution in [3.63, 3.8) is 0 Å². The molecule has 0 spiro atoms. The van der Waals surface area contributed by atoms with Gasteiger partial charge in [-0.05, 0) is 103 Å². The molecule has 0 radical (unpaired) electrons. The van der Waals surface area contributed by atoms with Gasteiger partial charge in [0.15, 0.2) is 18.9 Å². The summed E-state index contributed by atoms with van der Waals surface area (Å²) in [4.78, 5) is 13.5. The number of nitrogens with one attached hydrogen (secondary N) is 1. The molecule has 0 aliphatic carbocycles. The summed E-state index contributed by atoms with van der Waals surface area (Å²) >= 11 is 0. The van der Waals surface area contributed by atoms with E-state index in [1.165, 1.54) is 148 Å². The second-order valence-corrected chi connectivity index (χ2v) is 31.0. The molecular weight excluding hydrogens is 1430 g/mol. The number of hydrogen-bond donors (Lipinski definition) is 12. The van der Waals surface area contributed by atoms with Crippen molar-refractivity contribution in [2.75, 3.05) is 26.4 Å². The molecule has 17 atom stereocenters. The average Bonchev–Trinajstić information content (AvgIpc) is 0.777. The van der Waals surface area contributed by atoms with Crippen LogP contribution in [0.2, 0.25) is 0 Å². The Balaban J connectivity index is 1.35. The van der Waals surface area contributed by atoms with Gasteiger partial charge in [0.2, 0.25) is 5.91 Å². The van der Waals surface area contributed by atoms with Gasteiger partial charge < -0.3 is 89.9 Å². The molecule has 3 saturated heterocycles. The van der Waals surface area contributed by atoms with Crippen LogP contribution < -0.4 is 5.32 Å². The molecule has 3 rings (SSSR count). The van der Waals surface area contributed by atoms with Gasteiger partial charge in [-0.3, -0.25) is 4.79 Å². The highest BCUT2D eigenvalue weighted by Crippen LogP contribution is 2.33. The van der Waals surface area contributed by atoms with Crippen molar-refractivity contribution in [1.29, 1.82) is 0 Å². The minimum atomic E-state index is -1.98. The molecule has 0 saturated carbocycles. The lowest BCUT2D eigenvalue weighted by Crippen LogP contribution is -2.66. The van der Waals surface area contributed by atoms with E-state index in [0.717, 1.165) is 122 Å². The monoisotopic (exact) mass is 1590 g/mol. The van der Waals surface area contributed by atoms with E-state index in [2.05, 4.69) is 165 Å². The van der Waals surface area contributed by atoms with Gasteiger partial charge in [-0.1, -0.05) is 346 Å². The molecule has 3 aliphatic heterocycles. The molecule has 113 heavy (non-hydrogen) atoms. The Morgan fingerprint density at radius 3 is 0.956 bits per heavy atom. The molecule has 0 aromatic heterocycles. The molecular formula is C94H159NO18. The minimum Gasteiger partial charge on any atom is -0.394 e. The van der Waals surface area contributed by atoms with E-state index in [0.29, 0.717) is 19.3 Å². The van der Waals surface area contributed by atoms with Crippen LogP contribution in [0.1, 0.15) is 309 Å². The Bertz CT molecular complexity index is 2610. The van der Waals surface area contributed by atoms with Gasteiger partial charge in [0.25, 0.3) is 0 Å². The lowest BCUT2D eigenvalue weighted by atomic mass is 9.96. The third-order valence-corrected chi connectivity index (χ3v) is 21.2. The van der Waals surface area contributed by atoms with Gasteiger partial charge >= 0.3 is 0 Å². The third-order valence-electron chi connectivity index (χ3n) is 21.2. The van der Waals surface area contributed by atoms with Crippen LogP contribution in [0.25, 0.3) is 0 Å². The molecule has 0 aromatic carbocycles. The van der Waals surface area contributed by atoms with Crippen LogP contribution in [0, 0.1) is 0 Å². The normalized spacial score (nSPS) is 25.5. The number of hydrogen-bond acceptors (Lipinski definition) is 18. The first-order valence-corrected chi connectivity index (χ1v) is 44.6. The number of carbonyl (C=O) groups is 1. The molecule has 3 aliphatic rings. The fourth-order valence-electron chi connectivity index (χ4n) is 14.1. The fourth-order valence-corrected chi connectivity index (χ4v) is 14.1. The van der Waals surface area contributed by atoms with Crippen molar-refractivity contribution >= 4 is 5.91 Å². The molecule has 19 nitrogen and oxygen atoms in total. The zero-order valence-corrected chi connectivity index (χ0v) is 69.8. The Kier molecular flexibility index (Phi) is 65.3. The molecule has 3 heterocycles. The second-order valence-electron chi connectivity index (χ2n) is 31.0. The summed E-state index contributed by atoms with van der Waals surface area (Å²) in [5.41, 5.74) is 0. The zero-order chi connectivity index (χ0) is 81.7. The topological polar surface area (TPSA) is 307 Å². The van der Waals surface area contributed by atoms with Crippen molar-refractivity contribution in [2.45, 2.75) is 413 Å². The Morgan fingerprint density at radius 2 is 0.611 bits per heavy atom. The number of aliphatic hydroxyl groups excluding tert-OH is 11. The highest BCUT2D eigenvalue weighted by atomic mass is 16.8. The summed E-state index contributed by atoms with van der Waals surface area (Å²) in [7, 11) is 0. The maximum Gasteiger partial charge on any atom is 0.220 e. The number of rotatable bonds is 70. The first-order valence-electron chi connectivity index (χ1n) is 44.6. The van der Waals surface area contributed by atoms with Crippen LogP contribution >= 0.6 is 0 Å². The van der Waals surface area contributed by atoms with Crippen LogP contribution in [0.3, 0.4) is 0 Å². The lowest BCUT2D eigenvalue weighted by molar-refractivity contribution is -0.379. The van der Waals surface area contributed by atoms with Crippen LogP contribution in [0.5, 0.6) is 0 Å². The van der Waals surface area contributed by atoms with E-state index in [9.17, 15) is 61.0 Å². The van der Waals surface area contributed by atoms with Gasteiger partial charge in [-0.15, -0.1) is 0 Å². The molecule has 12 N–H and O–H groups in total. The van der Waals surface area contributed by atoms with Crippen molar-refractivity contribution in [2.24, 2.45) is 0 Å². The predicted octanol–water partition coefficient (Wildman–Crippen LogP) is 17.0. The largest absolute Gasteiger partial charge is 0.394 e. The van der Waals surface area contributed by atoms with Gasteiger partial charge in [0.1, 0.15) is 73.2 Å². The molecule has 0 bridgehead atoms. The van der Waals surface area contributed by atoms with Gasteiger partial charge in [-0.2, -0.15) is 0 Å². The Morgan fingerprint density at radius 1 is 0.327 bits per heavy atom. The number of ether oxygens (including phenoxy) is 6. The van der Waals surface area contributed by atoms with Crippen LogP contribution in [0.4, 0.5) is 0 Å². The molecule has 648 valence electrons. The summed E-state index contributed by atoms with van der Waals surface area (Å²) in [6.07, 6.45) is 77.9. The first kappa shape index (κ1) is 103. The van der Waals surface area contributed by atoms with E-state index in [1.54, 1.807) is 0 Å². The van der Waals surface area contributed by atoms with Crippen LogP contribution in [0.15, 0.2) is 146 Å². The minimum absolute atomic E-state index is 0.228. The third kappa shape index (κ3) is 50.3. The number of unbranched alkanes of at least 4 members (excludes halogenated alkanes) is 30.